The second kappa shape index (κ2) is 4.95. The van der Waals surface area contributed by atoms with Gasteiger partial charge in [0.15, 0.2) is 0 Å². The lowest BCUT2D eigenvalue weighted by Crippen LogP contribution is -2.48. The van der Waals surface area contributed by atoms with Gasteiger partial charge in [0.25, 0.3) is 5.91 Å². The summed E-state index contributed by atoms with van der Waals surface area (Å²) in [5.41, 5.74) is -0.763. The van der Waals surface area contributed by atoms with E-state index < -0.39 is 5.54 Å². The van der Waals surface area contributed by atoms with Crippen LogP contribution in [0.5, 0.6) is 0 Å². The number of nitrogens with zero attached hydrogens (tertiary/aromatic N) is 2. The smallest absolute Gasteiger partial charge is 0.265 e. The average Bonchev–Trinajstić information content (AvgIpc) is 3.06. The third-order valence-electron chi connectivity index (χ3n) is 2.86. The molecule has 0 bridgehead atoms. The fourth-order valence-electron chi connectivity index (χ4n) is 1.83. The highest BCUT2D eigenvalue weighted by Gasteiger charge is 2.42. The number of halogens is 2. The minimum absolute atomic E-state index is 0.0551. The lowest BCUT2D eigenvalue weighted by atomic mass is 10.0. The van der Waals surface area contributed by atoms with Gasteiger partial charge in [-0.3, -0.25) is 4.79 Å². The molecule has 0 aromatic carbocycles. The molecule has 0 spiro atoms. The highest BCUT2D eigenvalue weighted by molar-refractivity contribution is 9.13. The summed E-state index contributed by atoms with van der Waals surface area (Å²) in [7, 11) is 0. The van der Waals surface area contributed by atoms with Crippen LogP contribution in [0.2, 0.25) is 0 Å². The zero-order chi connectivity index (χ0) is 13.5. The van der Waals surface area contributed by atoms with Crippen LogP contribution >= 0.6 is 43.2 Å². The van der Waals surface area contributed by atoms with Gasteiger partial charge in [0.1, 0.15) is 5.54 Å². The SMILES string of the molecule is CC(C)(C#N)N(C(=O)c1cc(Br)c(Br)s1)C1CC1. The van der Waals surface area contributed by atoms with Crippen LogP contribution in [0.15, 0.2) is 14.3 Å². The summed E-state index contributed by atoms with van der Waals surface area (Å²) < 4.78 is 1.78. The van der Waals surface area contributed by atoms with Crippen molar-refractivity contribution >= 4 is 49.1 Å². The monoisotopic (exact) mass is 390 g/mol. The summed E-state index contributed by atoms with van der Waals surface area (Å²) in [6.45, 7) is 3.59. The molecule has 1 saturated carbocycles. The summed E-state index contributed by atoms with van der Waals surface area (Å²) in [4.78, 5) is 14.9. The predicted molar refractivity (Wildman–Crippen MR) is 78.6 cm³/mol. The summed E-state index contributed by atoms with van der Waals surface area (Å²) in [5.74, 6) is -0.0551. The van der Waals surface area contributed by atoms with E-state index in [9.17, 15) is 10.1 Å². The summed E-state index contributed by atoms with van der Waals surface area (Å²) in [6.07, 6.45) is 1.98. The maximum absolute atomic E-state index is 12.5. The lowest BCUT2D eigenvalue weighted by molar-refractivity contribution is 0.0620. The van der Waals surface area contributed by atoms with E-state index in [4.69, 9.17) is 0 Å². The Morgan fingerprint density at radius 3 is 2.56 bits per heavy atom. The zero-order valence-electron chi connectivity index (χ0n) is 10.0. The number of nitriles is 1. The van der Waals surface area contributed by atoms with Crippen LogP contribution in [-0.4, -0.2) is 22.4 Å². The van der Waals surface area contributed by atoms with E-state index in [1.54, 1.807) is 24.8 Å². The van der Waals surface area contributed by atoms with Gasteiger partial charge >= 0.3 is 0 Å². The lowest BCUT2D eigenvalue weighted by Gasteiger charge is -2.33. The van der Waals surface area contributed by atoms with Crippen LogP contribution < -0.4 is 0 Å². The third kappa shape index (κ3) is 2.63. The van der Waals surface area contributed by atoms with E-state index in [0.29, 0.717) is 4.88 Å². The zero-order valence-corrected chi connectivity index (χ0v) is 14.0. The van der Waals surface area contributed by atoms with Gasteiger partial charge in [-0.15, -0.1) is 11.3 Å². The molecule has 1 aliphatic rings. The van der Waals surface area contributed by atoms with E-state index in [2.05, 4.69) is 37.9 Å². The van der Waals surface area contributed by atoms with Gasteiger partial charge in [0.2, 0.25) is 0 Å². The summed E-state index contributed by atoms with van der Waals surface area (Å²) in [5, 5.41) is 9.24. The van der Waals surface area contributed by atoms with Crippen LogP contribution in [0.1, 0.15) is 36.4 Å². The number of hydrogen-bond acceptors (Lipinski definition) is 3. The van der Waals surface area contributed by atoms with E-state index in [0.717, 1.165) is 21.1 Å². The molecule has 1 heterocycles. The number of amides is 1. The molecular formula is C12H12Br2N2OS. The van der Waals surface area contributed by atoms with Crippen molar-refractivity contribution in [1.82, 2.24) is 4.90 Å². The van der Waals surface area contributed by atoms with E-state index >= 15 is 0 Å². The molecule has 0 unspecified atom stereocenters. The Balaban J connectivity index is 2.33. The van der Waals surface area contributed by atoms with E-state index in [1.165, 1.54) is 11.3 Å². The molecule has 0 N–H and O–H groups in total. The predicted octanol–water partition coefficient (Wildman–Crippen LogP) is 4.18. The molecule has 2 rings (SSSR count). The minimum Gasteiger partial charge on any atom is -0.317 e. The first-order chi connectivity index (χ1) is 8.36. The highest BCUT2D eigenvalue weighted by Crippen LogP contribution is 2.38. The number of hydrogen-bond donors (Lipinski definition) is 0. The molecule has 0 atom stereocenters. The van der Waals surface area contributed by atoms with Crippen molar-refractivity contribution in [2.45, 2.75) is 38.3 Å². The highest BCUT2D eigenvalue weighted by atomic mass is 79.9. The molecular weight excluding hydrogens is 380 g/mol. The maximum Gasteiger partial charge on any atom is 0.265 e. The molecule has 3 nitrogen and oxygen atoms in total. The second-order valence-corrected chi connectivity index (χ2v) is 8.03. The van der Waals surface area contributed by atoms with E-state index in [1.807, 2.05) is 0 Å². The Labute approximate surface area is 127 Å². The maximum atomic E-state index is 12.5. The molecule has 1 aliphatic carbocycles. The first kappa shape index (κ1) is 14.0. The van der Waals surface area contributed by atoms with Gasteiger partial charge in [0, 0.05) is 10.5 Å². The molecule has 6 heteroatoms. The Bertz CT molecular complexity index is 509. The Hall–Kier alpha value is -0.380. The van der Waals surface area contributed by atoms with Gasteiger partial charge in [0.05, 0.1) is 14.7 Å². The topological polar surface area (TPSA) is 44.1 Å². The van der Waals surface area contributed by atoms with Gasteiger partial charge in [-0.2, -0.15) is 5.26 Å². The van der Waals surface area contributed by atoms with Gasteiger partial charge < -0.3 is 4.90 Å². The normalized spacial score (nSPS) is 15.3. The van der Waals surface area contributed by atoms with E-state index in [-0.39, 0.29) is 11.9 Å². The molecule has 1 aromatic heterocycles. The van der Waals surface area contributed by atoms with Gasteiger partial charge in [-0.1, -0.05) is 0 Å². The van der Waals surface area contributed by atoms with Crippen molar-refractivity contribution in [3.8, 4) is 6.07 Å². The standard InChI is InChI=1S/C12H12Br2N2OS/c1-12(2,6-15)16(7-3-4-7)11(17)9-5-8(13)10(14)18-9/h5,7H,3-4H2,1-2H3. The molecule has 1 amide bonds. The largest absolute Gasteiger partial charge is 0.317 e. The van der Waals surface area contributed by atoms with Crippen LogP contribution in [0, 0.1) is 11.3 Å². The van der Waals surface area contributed by atoms with Crippen molar-refractivity contribution in [1.29, 1.82) is 5.26 Å². The number of carbonyl (C=O) groups excluding carboxylic acids is 1. The Kier molecular flexibility index (Phi) is 3.86. The first-order valence-electron chi connectivity index (χ1n) is 5.56. The van der Waals surface area contributed by atoms with Crippen molar-refractivity contribution in [3.05, 3.63) is 19.2 Å². The molecule has 18 heavy (non-hydrogen) atoms. The van der Waals surface area contributed by atoms with Crippen LogP contribution in [0.3, 0.4) is 0 Å². The molecule has 0 radical (unpaired) electrons. The van der Waals surface area contributed by atoms with Crippen LogP contribution in [0.25, 0.3) is 0 Å². The third-order valence-corrected chi connectivity index (χ3v) is 6.11. The Morgan fingerprint density at radius 2 is 2.17 bits per heavy atom. The van der Waals surface area contributed by atoms with Gasteiger partial charge in [-0.25, -0.2) is 0 Å². The van der Waals surface area contributed by atoms with Crippen molar-refractivity contribution in [3.63, 3.8) is 0 Å². The van der Waals surface area contributed by atoms with Crippen LogP contribution in [-0.2, 0) is 0 Å². The van der Waals surface area contributed by atoms with Gasteiger partial charge in [-0.05, 0) is 64.6 Å². The fraction of sp³-hybridized carbons (Fsp3) is 0.500. The van der Waals surface area contributed by atoms with Crippen molar-refractivity contribution < 1.29 is 4.79 Å². The number of rotatable bonds is 3. The molecule has 96 valence electrons. The molecule has 0 aliphatic heterocycles. The average molecular weight is 392 g/mol. The minimum atomic E-state index is -0.763. The quantitative estimate of drug-likeness (QED) is 0.775. The molecule has 0 saturated heterocycles. The number of thiophene rings is 1. The summed E-state index contributed by atoms with van der Waals surface area (Å²) >= 11 is 8.16. The fourth-order valence-corrected chi connectivity index (χ4v) is 3.81. The molecule has 1 fully saturated rings. The van der Waals surface area contributed by atoms with Crippen LogP contribution in [0.4, 0.5) is 0 Å². The summed E-state index contributed by atoms with van der Waals surface area (Å²) in [6, 6.07) is 4.24. The Morgan fingerprint density at radius 1 is 1.56 bits per heavy atom. The second-order valence-electron chi connectivity index (χ2n) is 4.81. The number of carbonyl (C=O) groups is 1. The van der Waals surface area contributed by atoms with Crippen molar-refractivity contribution in [2.75, 3.05) is 0 Å². The first-order valence-corrected chi connectivity index (χ1v) is 7.97. The van der Waals surface area contributed by atoms with Crippen molar-refractivity contribution in [2.24, 2.45) is 0 Å². The molecule has 1 aromatic rings.